The lowest BCUT2D eigenvalue weighted by Crippen LogP contribution is -2.34. The Morgan fingerprint density at radius 1 is 1.19 bits per heavy atom. The predicted molar refractivity (Wildman–Crippen MR) is 122 cm³/mol. The van der Waals surface area contributed by atoms with E-state index >= 15 is 0 Å². The van der Waals surface area contributed by atoms with Crippen molar-refractivity contribution in [3.05, 3.63) is 48.1 Å². The molecule has 0 saturated carbocycles. The molecule has 1 atom stereocenters. The maximum absolute atomic E-state index is 5.76. The molecule has 4 heterocycles. The lowest BCUT2D eigenvalue weighted by Gasteiger charge is -2.26. The van der Waals surface area contributed by atoms with Gasteiger partial charge in [-0.05, 0) is 44.9 Å². The normalized spacial score (nSPS) is 16.2. The van der Waals surface area contributed by atoms with Gasteiger partial charge in [0.25, 0.3) is 0 Å². The first-order valence-corrected chi connectivity index (χ1v) is 10.8. The molecule has 1 aliphatic rings. The number of oxazole rings is 1. The number of fused-ring (bicyclic) bond motifs is 1. The van der Waals surface area contributed by atoms with E-state index in [4.69, 9.17) is 24.0 Å². The van der Waals surface area contributed by atoms with Crippen molar-refractivity contribution in [1.82, 2.24) is 19.6 Å². The monoisotopic (exact) mass is 433 g/mol. The lowest BCUT2D eigenvalue weighted by molar-refractivity contribution is 0.180. The molecule has 1 aromatic carbocycles. The molecule has 5 rings (SSSR count). The molecule has 1 unspecified atom stereocenters. The number of benzene rings is 1. The molecule has 1 fully saturated rings. The van der Waals surface area contributed by atoms with Crippen LogP contribution >= 0.6 is 0 Å². The van der Waals surface area contributed by atoms with Gasteiger partial charge >= 0.3 is 0 Å². The van der Waals surface area contributed by atoms with Crippen LogP contribution in [0, 0.1) is 13.8 Å². The Hall–Kier alpha value is -3.39. The van der Waals surface area contributed by atoms with Crippen LogP contribution in [0.4, 0.5) is 5.82 Å². The first-order chi connectivity index (χ1) is 15.6. The largest absolute Gasteiger partial charge is 0.496 e. The Bertz CT molecular complexity index is 1250. The van der Waals surface area contributed by atoms with Crippen LogP contribution in [-0.2, 0) is 4.74 Å². The molecule has 0 N–H and O–H groups in total. The molecule has 0 spiro atoms. The van der Waals surface area contributed by atoms with Crippen LogP contribution in [0.5, 0.6) is 5.75 Å². The molecule has 0 amide bonds. The summed E-state index contributed by atoms with van der Waals surface area (Å²) >= 11 is 0. The van der Waals surface area contributed by atoms with E-state index in [1.54, 1.807) is 26.7 Å². The summed E-state index contributed by atoms with van der Waals surface area (Å²) < 4.78 is 18.6. The average Bonchev–Trinajstić information content (AvgIpc) is 3.53. The summed E-state index contributed by atoms with van der Waals surface area (Å²) in [6.07, 6.45) is 5.45. The number of methoxy groups -OCH3 is 2. The number of nitrogens with zero attached hydrogens (tertiary/aromatic N) is 5. The van der Waals surface area contributed by atoms with Crippen LogP contribution in [0.2, 0.25) is 0 Å². The van der Waals surface area contributed by atoms with Gasteiger partial charge in [0, 0.05) is 36.5 Å². The quantitative estimate of drug-likeness (QED) is 0.449. The summed E-state index contributed by atoms with van der Waals surface area (Å²) in [5, 5.41) is 4.90. The highest BCUT2D eigenvalue weighted by molar-refractivity contribution is 5.86. The number of aryl methyl sites for hydroxylation is 2. The van der Waals surface area contributed by atoms with Crippen LogP contribution in [0.15, 0.2) is 41.1 Å². The standard InChI is InChI=1S/C24H27N5O3/c1-15-12-21(28-10-5-6-18(28)14-30-3)29-23(26-15)22(16(2)27-29)19-8-7-17(13-20(19)31-4)24-25-9-11-32-24/h7-9,11-13,18H,5-6,10,14H2,1-4H3. The fraction of sp³-hybridized carbons (Fsp3) is 0.375. The van der Waals surface area contributed by atoms with Crippen molar-refractivity contribution in [3.63, 3.8) is 0 Å². The van der Waals surface area contributed by atoms with E-state index in [0.29, 0.717) is 18.5 Å². The number of hydrogen-bond acceptors (Lipinski definition) is 7. The van der Waals surface area contributed by atoms with Gasteiger partial charge in [0.15, 0.2) is 5.65 Å². The van der Waals surface area contributed by atoms with Crippen molar-refractivity contribution in [2.24, 2.45) is 0 Å². The number of rotatable bonds is 6. The molecule has 8 nitrogen and oxygen atoms in total. The third-order valence-electron chi connectivity index (χ3n) is 6.05. The second-order valence-electron chi connectivity index (χ2n) is 8.15. The Balaban J connectivity index is 1.66. The molecule has 166 valence electrons. The van der Waals surface area contributed by atoms with Crippen molar-refractivity contribution in [2.45, 2.75) is 32.7 Å². The van der Waals surface area contributed by atoms with Gasteiger partial charge in [-0.2, -0.15) is 9.61 Å². The van der Waals surface area contributed by atoms with Crippen molar-refractivity contribution < 1.29 is 13.9 Å². The Morgan fingerprint density at radius 3 is 2.81 bits per heavy atom. The Labute approximate surface area is 186 Å². The van der Waals surface area contributed by atoms with Gasteiger partial charge in [-0.25, -0.2) is 9.97 Å². The summed E-state index contributed by atoms with van der Waals surface area (Å²) in [6, 6.07) is 8.40. The Kier molecular flexibility index (Phi) is 5.30. The van der Waals surface area contributed by atoms with E-state index in [-0.39, 0.29) is 0 Å². The van der Waals surface area contributed by atoms with Gasteiger partial charge < -0.3 is 18.8 Å². The summed E-state index contributed by atoms with van der Waals surface area (Å²) in [5.74, 6) is 2.33. The van der Waals surface area contributed by atoms with Gasteiger partial charge in [-0.3, -0.25) is 0 Å². The lowest BCUT2D eigenvalue weighted by atomic mass is 10.0. The zero-order valence-electron chi connectivity index (χ0n) is 18.8. The summed E-state index contributed by atoms with van der Waals surface area (Å²) in [7, 11) is 3.43. The second-order valence-corrected chi connectivity index (χ2v) is 8.15. The van der Waals surface area contributed by atoms with Crippen LogP contribution in [0.25, 0.3) is 28.2 Å². The minimum Gasteiger partial charge on any atom is -0.496 e. The van der Waals surface area contributed by atoms with Gasteiger partial charge in [0.2, 0.25) is 5.89 Å². The number of anilines is 1. The molecule has 1 aliphatic heterocycles. The van der Waals surface area contributed by atoms with Crippen LogP contribution < -0.4 is 9.64 Å². The van der Waals surface area contributed by atoms with Crippen LogP contribution in [0.3, 0.4) is 0 Å². The molecule has 3 aromatic heterocycles. The third kappa shape index (κ3) is 3.40. The second kappa shape index (κ2) is 8.27. The molecule has 8 heteroatoms. The predicted octanol–water partition coefficient (Wildman–Crippen LogP) is 4.29. The van der Waals surface area contributed by atoms with E-state index < -0.39 is 0 Å². The summed E-state index contributed by atoms with van der Waals surface area (Å²) in [5.41, 5.74) is 5.43. The number of aromatic nitrogens is 4. The molecular formula is C24H27N5O3. The third-order valence-corrected chi connectivity index (χ3v) is 6.05. The minimum atomic E-state index is 0.340. The number of ether oxygens (including phenoxy) is 2. The maximum Gasteiger partial charge on any atom is 0.225 e. The fourth-order valence-electron chi connectivity index (χ4n) is 4.65. The topological polar surface area (TPSA) is 77.9 Å². The summed E-state index contributed by atoms with van der Waals surface area (Å²) in [4.78, 5) is 11.5. The smallest absolute Gasteiger partial charge is 0.225 e. The maximum atomic E-state index is 5.76. The van der Waals surface area contributed by atoms with E-state index in [1.165, 1.54) is 0 Å². The minimum absolute atomic E-state index is 0.340. The molecular weight excluding hydrogens is 406 g/mol. The van der Waals surface area contributed by atoms with Gasteiger partial charge in [0.1, 0.15) is 17.8 Å². The van der Waals surface area contributed by atoms with E-state index in [1.807, 2.05) is 36.6 Å². The van der Waals surface area contributed by atoms with Crippen molar-refractivity contribution in [2.75, 3.05) is 32.3 Å². The van der Waals surface area contributed by atoms with E-state index in [2.05, 4.69) is 16.0 Å². The van der Waals surface area contributed by atoms with Crippen molar-refractivity contribution in [3.8, 4) is 28.3 Å². The van der Waals surface area contributed by atoms with Crippen molar-refractivity contribution in [1.29, 1.82) is 0 Å². The van der Waals surface area contributed by atoms with E-state index in [9.17, 15) is 0 Å². The first kappa shape index (κ1) is 20.5. The van der Waals surface area contributed by atoms with Gasteiger partial charge in [-0.1, -0.05) is 0 Å². The zero-order valence-corrected chi connectivity index (χ0v) is 18.8. The summed E-state index contributed by atoms with van der Waals surface area (Å²) in [6.45, 7) is 5.72. The first-order valence-electron chi connectivity index (χ1n) is 10.8. The molecule has 32 heavy (non-hydrogen) atoms. The molecule has 0 radical (unpaired) electrons. The van der Waals surface area contributed by atoms with Gasteiger partial charge in [-0.15, -0.1) is 0 Å². The highest BCUT2D eigenvalue weighted by Crippen LogP contribution is 2.39. The SMILES string of the molecule is COCC1CCCN1c1cc(C)nc2c(-c3ccc(-c4ncco4)cc3OC)c(C)nn12. The molecule has 0 bridgehead atoms. The molecule has 1 saturated heterocycles. The van der Waals surface area contributed by atoms with E-state index in [0.717, 1.165) is 64.7 Å². The number of hydrogen-bond donors (Lipinski definition) is 0. The van der Waals surface area contributed by atoms with Crippen LogP contribution in [-0.4, -0.2) is 53.0 Å². The molecule has 0 aliphatic carbocycles. The van der Waals surface area contributed by atoms with Crippen LogP contribution in [0.1, 0.15) is 24.2 Å². The average molecular weight is 434 g/mol. The fourth-order valence-corrected chi connectivity index (χ4v) is 4.65. The zero-order chi connectivity index (χ0) is 22.2. The highest BCUT2D eigenvalue weighted by atomic mass is 16.5. The molecule has 4 aromatic rings. The van der Waals surface area contributed by atoms with Gasteiger partial charge in [0.05, 0.1) is 37.2 Å². The Morgan fingerprint density at radius 2 is 2.06 bits per heavy atom. The highest BCUT2D eigenvalue weighted by Gasteiger charge is 2.28. The van der Waals surface area contributed by atoms with Crippen molar-refractivity contribution >= 4 is 11.5 Å².